The molecule has 0 aromatic heterocycles. The van der Waals surface area contributed by atoms with Crippen LogP contribution in [0.1, 0.15) is 24.5 Å². The normalized spacial score (nSPS) is 10.4. The molecule has 0 bridgehead atoms. The highest BCUT2D eigenvalue weighted by Gasteiger charge is 2.05. The number of hydrogen-bond donors (Lipinski definition) is 1. The van der Waals surface area contributed by atoms with Crippen LogP contribution in [-0.2, 0) is 11.3 Å². The van der Waals surface area contributed by atoms with Gasteiger partial charge in [0.15, 0.2) is 0 Å². The third-order valence-corrected chi connectivity index (χ3v) is 2.89. The Morgan fingerprint density at radius 1 is 1.35 bits per heavy atom. The second kappa shape index (κ2) is 9.49. The topological polar surface area (TPSA) is 32.7 Å². The Balaban J connectivity index is 2.76. The fraction of sp³-hybridized carbons (Fsp3) is 0.500. The van der Waals surface area contributed by atoms with Crippen molar-refractivity contribution in [3.05, 3.63) is 35.1 Å². The largest absolute Gasteiger partial charge is 0.395 e. The predicted molar refractivity (Wildman–Crippen MR) is 77.8 cm³/mol. The molecule has 0 aliphatic heterocycles. The van der Waals surface area contributed by atoms with Crippen molar-refractivity contribution in [1.82, 2.24) is 4.90 Å². The second-order valence-corrected chi connectivity index (χ2v) is 4.49. The zero-order valence-corrected chi connectivity index (χ0v) is 12.2. The number of hydrogen-bond acceptors (Lipinski definition) is 3. The van der Waals surface area contributed by atoms with Crippen molar-refractivity contribution in [2.75, 3.05) is 33.4 Å². The molecule has 0 aliphatic rings. The number of nitrogens with zero attached hydrogens (tertiary/aromatic N) is 1. The summed E-state index contributed by atoms with van der Waals surface area (Å²) in [6.07, 6.45) is 0.404. The quantitative estimate of drug-likeness (QED) is 0.775. The average molecular weight is 279 g/mol. The van der Waals surface area contributed by atoms with E-state index in [0.717, 1.165) is 18.7 Å². The Labute approximate surface area is 120 Å². The van der Waals surface area contributed by atoms with Gasteiger partial charge < -0.3 is 9.84 Å². The zero-order chi connectivity index (χ0) is 14.8. The van der Waals surface area contributed by atoms with E-state index in [4.69, 9.17) is 9.84 Å². The molecule has 0 unspecified atom stereocenters. The van der Waals surface area contributed by atoms with E-state index in [0.29, 0.717) is 25.1 Å². The van der Waals surface area contributed by atoms with Crippen LogP contribution in [0.4, 0.5) is 4.39 Å². The second-order valence-electron chi connectivity index (χ2n) is 4.49. The first-order chi connectivity index (χ1) is 9.69. The minimum absolute atomic E-state index is 0.0236. The summed E-state index contributed by atoms with van der Waals surface area (Å²) in [6, 6.07) is 4.84. The van der Waals surface area contributed by atoms with E-state index in [1.165, 1.54) is 12.1 Å². The van der Waals surface area contributed by atoms with Crippen LogP contribution >= 0.6 is 0 Å². The lowest BCUT2D eigenvalue weighted by Crippen LogP contribution is -2.26. The molecule has 110 valence electrons. The molecule has 0 saturated carbocycles. The zero-order valence-electron chi connectivity index (χ0n) is 12.2. The van der Waals surface area contributed by atoms with Crippen LogP contribution in [0, 0.1) is 17.7 Å². The van der Waals surface area contributed by atoms with Crippen molar-refractivity contribution < 1.29 is 14.2 Å². The molecule has 3 nitrogen and oxygen atoms in total. The molecule has 0 saturated heterocycles. The molecule has 1 rings (SSSR count). The van der Waals surface area contributed by atoms with Crippen LogP contribution in [0.5, 0.6) is 0 Å². The van der Waals surface area contributed by atoms with Crippen molar-refractivity contribution in [3.8, 4) is 11.8 Å². The number of aliphatic hydroxyl groups is 1. The summed E-state index contributed by atoms with van der Waals surface area (Å²) >= 11 is 0. The standard InChI is InChI=1S/C16H22FNO2/c1-3-18(7-9-20-2)13-15-10-14(6-4-5-8-19)11-16(17)12-15/h10-12,19H,3,5,7-9,13H2,1-2H3. The molecule has 0 amide bonds. The first-order valence-electron chi connectivity index (χ1n) is 6.80. The number of rotatable bonds is 7. The molecule has 0 spiro atoms. The van der Waals surface area contributed by atoms with Gasteiger partial charge in [-0.25, -0.2) is 4.39 Å². The van der Waals surface area contributed by atoms with Crippen molar-refractivity contribution in [3.63, 3.8) is 0 Å². The van der Waals surface area contributed by atoms with E-state index < -0.39 is 0 Å². The highest BCUT2D eigenvalue weighted by atomic mass is 19.1. The Kier molecular flexibility index (Phi) is 7.89. The summed E-state index contributed by atoms with van der Waals surface area (Å²) in [5.74, 6) is 5.40. The third kappa shape index (κ3) is 6.16. The highest BCUT2D eigenvalue weighted by molar-refractivity contribution is 5.37. The smallest absolute Gasteiger partial charge is 0.124 e. The molecule has 0 heterocycles. The van der Waals surface area contributed by atoms with Gasteiger partial charge in [0.2, 0.25) is 0 Å². The van der Waals surface area contributed by atoms with E-state index in [9.17, 15) is 4.39 Å². The average Bonchev–Trinajstić information content (AvgIpc) is 2.43. The molecule has 0 radical (unpaired) electrons. The van der Waals surface area contributed by atoms with Crippen molar-refractivity contribution in [2.45, 2.75) is 19.9 Å². The van der Waals surface area contributed by atoms with Crippen LogP contribution in [0.3, 0.4) is 0 Å². The molecule has 0 fully saturated rings. The minimum atomic E-state index is -0.279. The summed E-state index contributed by atoms with van der Waals surface area (Å²) in [5.41, 5.74) is 1.55. The van der Waals surface area contributed by atoms with Gasteiger partial charge in [0.25, 0.3) is 0 Å². The summed E-state index contributed by atoms with van der Waals surface area (Å²) in [5, 5.41) is 8.69. The number of aliphatic hydroxyl groups excluding tert-OH is 1. The van der Waals surface area contributed by atoms with Crippen LogP contribution < -0.4 is 0 Å². The molecule has 1 aromatic rings. The Bertz CT molecular complexity index is 465. The monoisotopic (exact) mass is 279 g/mol. The third-order valence-electron chi connectivity index (χ3n) is 2.89. The van der Waals surface area contributed by atoms with Gasteiger partial charge in [0.05, 0.1) is 13.2 Å². The first kappa shape index (κ1) is 16.6. The van der Waals surface area contributed by atoms with E-state index in [2.05, 4.69) is 23.7 Å². The summed E-state index contributed by atoms with van der Waals surface area (Å²) in [7, 11) is 1.67. The molecular formula is C16H22FNO2. The lowest BCUT2D eigenvalue weighted by atomic mass is 10.1. The number of likely N-dealkylation sites (N-methyl/N-ethyl adjacent to an activating group) is 1. The number of halogens is 1. The Hall–Kier alpha value is -1.41. The number of benzene rings is 1. The molecule has 1 aromatic carbocycles. The maximum Gasteiger partial charge on any atom is 0.124 e. The molecule has 20 heavy (non-hydrogen) atoms. The van der Waals surface area contributed by atoms with Gasteiger partial charge >= 0.3 is 0 Å². The number of ether oxygens (including phenoxy) is 1. The van der Waals surface area contributed by atoms with Gasteiger partial charge in [-0.2, -0.15) is 0 Å². The Morgan fingerprint density at radius 3 is 2.80 bits per heavy atom. The summed E-state index contributed by atoms with van der Waals surface area (Å²) in [4.78, 5) is 2.18. The summed E-state index contributed by atoms with van der Waals surface area (Å²) in [6.45, 7) is 5.12. The minimum Gasteiger partial charge on any atom is -0.395 e. The van der Waals surface area contributed by atoms with Gasteiger partial charge in [-0.1, -0.05) is 18.8 Å². The molecule has 4 heteroatoms. The van der Waals surface area contributed by atoms with Crippen LogP contribution in [0.15, 0.2) is 18.2 Å². The fourth-order valence-electron chi connectivity index (χ4n) is 1.86. The first-order valence-corrected chi connectivity index (χ1v) is 6.80. The van der Waals surface area contributed by atoms with Gasteiger partial charge in [-0.05, 0) is 30.3 Å². The van der Waals surface area contributed by atoms with Gasteiger partial charge in [-0.15, -0.1) is 0 Å². The maximum atomic E-state index is 13.6. The van der Waals surface area contributed by atoms with Crippen LogP contribution in [0.2, 0.25) is 0 Å². The van der Waals surface area contributed by atoms with Crippen molar-refractivity contribution in [2.24, 2.45) is 0 Å². The van der Waals surface area contributed by atoms with Gasteiger partial charge in [0.1, 0.15) is 5.82 Å². The molecule has 0 atom stereocenters. The fourth-order valence-corrected chi connectivity index (χ4v) is 1.86. The van der Waals surface area contributed by atoms with E-state index in [-0.39, 0.29) is 12.4 Å². The van der Waals surface area contributed by atoms with Crippen molar-refractivity contribution >= 4 is 0 Å². The van der Waals surface area contributed by atoms with E-state index in [1.54, 1.807) is 7.11 Å². The molecule has 1 N–H and O–H groups in total. The molecular weight excluding hydrogens is 257 g/mol. The van der Waals surface area contributed by atoms with Crippen molar-refractivity contribution in [1.29, 1.82) is 0 Å². The van der Waals surface area contributed by atoms with Gasteiger partial charge in [0, 0.05) is 32.2 Å². The van der Waals surface area contributed by atoms with Crippen LogP contribution in [-0.4, -0.2) is 43.4 Å². The highest BCUT2D eigenvalue weighted by Crippen LogP contribution is 2.11. The van der Waals surface area contributed by atoms with E-state index in [1.807, 2.05) is 6.07 Å². The predicted octanol–water partition coefficient (Wildman–Crippen LogP) is 2.03. The van der Waals surface area contributed by atoms with Crippen LogP contribution in [0.25, 0.3) is 0 Å². The Morgan fingerprint density at radius 2 is 2.15 bits per heavy atom. The summed E-state index contributed by atoms with van der Waals surface area (Å²) < 4.78 is 18.6. The molecule has 0 aliphatic carbocycles. The SMILES string of the molecule is CCN(CCOC)Cc1cc(F)cc(C#CCCO)c1. The number of methoxy groups -OCH3 is 1. The maximum absolute atomic E-state index is 13.6. The van der Waals surface area contributed by atoms with Gasteiger partial charge in [-0.3, -0.25) is 4.90 Å². The lowest BCUT2D eigenvalue weighted by molar-refractivity contribution is 0.147. The lowest BCUT2D eigenvalue weighted by Gasteiger charge is -2.20. The van der Waals surface area contributed by atoms with E-state index >= 15 is 0 Å².